The van der Waals surface area contributed by atoms with E-state index in [1.165, 1.54) is 18.5 Å². The predicted molar refractivity (Wildman–Crippen MR) is 82.5 cm³/mol. The van der Waals surface area contributed by atoms with E-state index < -0.39 is 53.5 Å². The first-order chi connectivity index (χ1) is 12.3. The fourth-order valence-electron chi connectivity index (χ4n) is 1.42. The lowest BCUT2D eigenvalue weighted by Gasteiger charge is -2.15. The number of carbonyl (C=O) groups excluding carboxylic acids is 3. The first kappa shape index (κ1) is 23.0. The molecule has 1 atom stereocenters. The smallest absolute Gasteiger partial charge is 0.457 e. The number of thiazole rings is 1. The highest BCUT2D eigenvalue weighted by molar-refractivity contribution is 8.00. The number of alkyl halides is 6. The largest absolute Gasteiger partial charge is 0.490 e. The van der Waals surface area contributed by atoms with Crippen molar-refractivity contribution in [1.29, 1.82) is 0 Å². The van der Waals surface area contributed by atoms with Crippen LogP contribution >= 0.6 is 23.1 Å². The number of esters is 1. The number of nitrogens with zero attached hydrogens (tertiary/aromatic N) is 1. The highest BCUT2D eigenvalue weighted by Gasteiger charge is 2.41. The Balaban J connectivity index is 2.83. The van der Waals surface area contributed by atoms with Gasteiger partial charge in [0.25, 0.3) is 5.91 Å². The SMILES string of the molecule is CSc1nc(C(=O)N[C@H](C)COC(=O)C(F)(F)F)c(NC(=O)C(F)(F)F)s1. The Hall–Kier alpha value is -2.03. The minimum atomic E-state index is -5.21. The fraction of sp³-hybridized carbons (Fsp3) is 0.500. The third-order valence-corrected chi connectivity index (χ3v) is 4.51. The van der Waals surface area contributed by atoms with Crippen molar-refractivity contribution < 1.29 is 45.5 Å². The fourth-order valence-corrected chi connectivity index (χ4v) is 2.87. The van der Waals surface area contributed by atoms with Gasteiger partial charge in [-0.15, -0.1) is 0 Å². The molecule has 1 heterocycles. The van der Waals surface area contributed by atoms with E-state index in [1.807, 2.05) is 0 Å². The summed E-state index contributed by atoms with van der Waals surface area (Å²) in [6.45, 7) is 0.352. The van der Waals surface area contributed by atoms with Crippen LogP contribution in [-0.4, -0.2) is 54.0 Å². The Morgan fingerprint density at radius 3 is 2.26 bits per heavy atom. The second kappa shape index (κ2) is 8.77. The second-order valence-corrected chi connectivity index (χ2v) is 6.84. The van der Waals surface area contributed by atoms with E-state index in [9.17, 15) is 40.7 Å². The van der Waals surface area contributed by atoms with E-state index in [0.29, 0.717) is 11.3 Å². The first-order valence-electron chi connectivity index (χ1n) is 6.73. The number of hydrogen-bond donors (Lipinski definition) is 2. The van der Waals surface area contributed by atoms with Crippen LogP contribution in [0.1, 0.15) is 17.4 Å². The first-order valence-corrected chi connectivity index (χ1v) is 8.77. The molecule has 0 saturated carbocycles. The van der Waals surface area contributed by atoms with E-state index >= 15 is 0 Å². The van der Waals surface area contributed by atoms with Gasteiger partial charge in [-0.05, 0) is 13.2 Å². The molecule has 15 heteroatoms. The van der Waals surface area contributed by atoms with Crippen molar-refractivity contribution in [2.45, 2.75) is 29.7 Å². The number of carbonyl (C=O) groups is 3. The van der Waals surface area contributed by atoms with E-state index in [4.69, 9.17) is 0 Å². The molecule has 0 fully saturated rings. The van der Waals surface area contributed by atoms with Crippen molar-refractivity contribution in [3.63, 3.8) is 0 Å². The summed E-state index contributed by atoms with van der Waals surface area (Å²) < 4.78 is 77.3. The van der Waals surface area contributed by atoms with Crippen molar-refractivity contribution in [2.24, 2.45) is 0 Å². The summed E-state index contributed by atoms with van der Waals surface area (Å²) in [5.41, 5.74) is -0.559. The number of nitrogens with one attached hydrogen (secondary N) is 2. The lowest BCUT2D eigenvalue weighted by atomic mass is 10.3. The Morgan fingerprint density at radius 1 is 1.19 bits per heavy atom. The number of rotatable bonds is 6. The van der Waals surface area contributed by atoms with Crippen LogP contribution in [0.4, 0.5) is 31.3 Å². The number of hydrogen-bond acceptors (Lipinski definition) is 7. The van der Waals surface area contributed by atoms with Gasteiger partial charge in [0.05, 0.1) is 6.04 Å². The molecule has 152 valence electrons. The summed E-state index contributed by atoms with van der Waals surface area (Å²) in [5, 5.41) is 3.14. The lowest BCUT2D eigenvalue weighted by molar-refractivity contribution is -0.200. The highest BCUT2D eigenvalue weighted by Crippen LogP contribution is 2.31. The van der Waals surface area contributed by atoms with Crippen molar-refractivity contribution >= 4 is 45.9 Å². The van der Waals surface area contributed by atoms with Gasteiger partial charge < -0.3 is 15.4 Å². The van der Waals surface area contributed by atoms with Gasteiger partial charge in [0, 0.05) is 0 Å². The molecule has 0 aliphatic rings. The third-order valence-electron chi connectivity index (χ3n) is 2.56. The average molecular weight is 439 g/mol. The Kier molecular flexibility index (Phi) is 7.48. The quantitative estimate of drug-likeness (QED) is 0.402. The Labute approximate surface area is 155 Å². The van der Waals surface area contributed by atoms with Crippen LogP contribution in [0.2, 0.25) is 0 Å². The zero-order valence-corrected chi connectivity index (χ0v) is 15.1. The molecule has 27 heavy (non-hydrogen) atoms. The normalized spacial score (nSPS) is 13.0. The lowest BCUT2D eigenvalue weighted by Crippen LogP contribution is -2.39. The number of halogens is 6. The van der Waals surface area contributed by atoms with Crippen LogP contribution in [0.15, 0.2) is 4.34 Å². The van der Waals surface area contributed by atoms with E-state index in [2.05, 4.69) is 15.0 Å². The molecule has 2 N–H and O–H groups in total. The van der Waals surface area contributed by atoms with Gasteiger partial charge in [-0.3, -0.25) is 9.59 Å². The molecule has 0 radical (unpaired) electrons. The molecule has 2 amide bonds. The van der Waals surface area contributed by atoms with Crippen molar-refractivity contribution in [3.05, 3.63) is 5.69 Å². The minimum absolute atomic E-state index is 0.161. The molecule has 1 aromatic heterocycles. The topological polar surface area (TPSA) is 97.4 Å². The average Bonchev–Trinajstić information content (AvgIpc) is 2.93. The van der Waals surface area contributed by atoms with Crippen LogP contribution in [0, 0.1) is 0 Å². The van der Waals surface area contributed by atoms with Crippen molar-refractivity contribution in [3.8, 4) is 0 Å². The molecule has 1 aromatic rings. The Bertz CT molecular complexity index is 719. The molecule has 0 unspecified atom stereocenters. The van der Waals surface area contributed by atoms with E-state index in [-0.39, 0.29) is 4.34 Å². The van der Waals surface area contributed by atoms with Gasteiger partial charge in [-0.25, -0.2) is 9.78 Å². The molecule has 0 saturated heterocycles. The molecular formula is C12H11F6N3O4S2. The number of ether oxygens (including phenoxy) is 1. The maximum atomic E-state index is 12.4. The zero-order chi connectivity index (χ0) is 21.0. The Morgan fingerprint density at radius 2 is 1.78 bits per heavy atom. The van der Waals surface area contributed by atoms with Crippen LogP contribution in [0.25, 0.3) is 0 Å². The number of anilines is 1. The maximum absolute atomic E-state index is 12.4. The molecule has 1 rings (SSSR count). The van der Waals surface area contributed by atoms with Crippen LogP contribution < -0.4 is 10.6 Å². The number of aromatic nitrogens is 1. The van der Waals surface area contributed by atoms with E-state index in [0.717, 1.165) is 11.8 Å². The number of amides is 2. The van der Waals surface area contributed by atoms with Crippen LogP contribution in [0.5, 0.6) is 0 Å². The van der Waals surface area contributed by atoms with Gasteiger partial charge in [0.2, 0.25) is 0 Å². The maximum Gasteiger partial charge on any atom is 0.490 e. The summed E-state index contributed by atoms with van der Waals surface area (Å²) in [4.78, 5) is 37.5. The zero-order valence-electron chi connectivity index (χ0n) is 13.4. The summed E-state index contributed by atoms with van der Waals surface area (Å²) in [6, 6.07) is -1.12. The molecule has 0 spiro atoms. The second-order valence-electron chi connectivity index (χ2n) is 4.78. The molecule has 0 bridgehead atoms. The van der Waals surface area contributed by atoms with Gasteiger partial charge in [-0.2, -0.15) is 26.3 Å². The standard InChI is InChI=1S/C12H11F6N3O4S2/c1-4(3-25-9(24)12(16,17)18)19-6(22)5-7(27-10(20-5)26-2)21-8(23)11(13,14)15/h4H,3H2,1-2H3,(H,19,22)(H,21,23)/t4-/m1/s1. The van der Waals surface area contributed by atoms with Gasteiger partial charge in [0.1, 0.15) is 11.6 Å². The predicted octanol–water partition coefficient (Wildman–Crippen LogP) is 2.59. The van der Waals surface area contributed by atoms with Gasteiger partial charge >= 0.3 is 24.2 Å². The molecule has 0 aliphatic heterocycles. The molecule has 7 nitrogen and oxygen atoms in total. The third kappa shape index (κ3) is 6.89. The van der Waals surface area contributed by atoms with E-state index in [1.54, 1.807) is 0 Å². The summed E-state index contributed by atoms with van der Waals surface area (Å²) in [5.74, 6) is -5.85. The molecule has 0 aliphatic carbocycles. The van der Waals surface area contributed by atoms with Crippen LogP contribution in [0.3, 0.4) is 0 Å². The summed E-state index contributed by atoms with van der Waals surface area (Å²) >= 11 is 1.60. The molecular weight excluding hydrogens is 428 g/mol. The monoisotopic (exact) mass is 439 g/mol. The molecule has 0 aromatic carbocycles. The number of thioether (sulfide) groups is 1. The van der Waals surface area contributed by atoms with Gasteiger partial charge in [-0.1, -0.05) is 23.1 Å². The summed E-state index contributed by atoms with van der Waals surface area (Å²) in [7, 11) is 0. The summed E-state index contributed by atoms with van der Waals surface area (Å²) in [6.07, 6.45) is -8.88. The van der Waals surface area contributed by atoms with Crippen molar-refractivity contribution in [1.82, 2.24) is 10.3 Å². The van der Waals surface area contributed by atoms with Gasteiger partial charge in [0.15, 0.2) is 10.0 Å². The minimum Gasteiger partial charge on any atom is -0.457 e. The van der Waals surface area contributed by atoms with Crippen LogP contribution in [-0.2, 0) is 14.3 Å². The van der Waals surface area contributed by atoms with Crippen molar-refractivity contribution in [2.75, 3.05) is 18.2 Å². The highest BCUT2D eigenvalue weighted by atomic mass is 32.2.